The second-order valence-corrected chi connectivity index (χ2v) is 6.12. The number of hydrogen-bond donors (Lipinski definition) is 2. The van der Waals surface area contributed by atoms with Crippen molar-refractivity contribution >= 4 is 5.96 Å². The van der Waals surface area contributed by atoms with Crippen molar-refractivity contribution in [3.05, 3.63) is 42.1 Å². The minimum absolute atomic E-state index is 0.475. The molecule has 140 valence electrons. The molecule has 0 spiro atoms. The first-order valence-corrected chi connectivity index (χ1v) is 9.18. The van der Waals surface area contributed by atoms with Crippen LogP contribution < -0.4 is 10.6 Å². The summed E-state index contributed by atoms with van der Waals surface area (Å²) in [6.07, 6.45) is 0. The van der Waals surface area contributed by atoms with Gasteiger partial charge in [0.15, 0.2) is 11.7 Å². The molecule has 26 heavy (non-hydrogen) atoms. The van der Waals surface area contributed by atoms with E-state index < -0.39 is 0 Å². The third-order valence-corrected chi connectivity index (χ3v) is 4.18. The summed E-state index contributed by atoms with van der Waals surface area (Å²) in [6, 6.07) is 11.9. The smallest absolute Gasteiger partial charge is 0.191 e. The van der Waals surface area contributed by atoms with Crippen LogP contribution in [0.5, 0.6) is 0 Å². The molecular formula is C19H27N5O2. The van der Waals surface area contributed by atoms with Crippen molar-refractivity contribution in [2.75, 3.05) is 45.9 Å². The van der Waals surface area contributed by atoms with Crippen LogP contribution in [-0.2, 0) is 11.3 Å². The average Bonchev–Trinajstić information content (AvgIpc) is 3.17. The van der Waals surface area contributed by atoms with Crippen molar-refractivity contribution < 1.29 is 9.26 Å². The van der Waals surface area contributed by atoms with Crippen LogP contribution in [0, 0.1) is 0 Å². The highest BCUT2D eigenvalue weighted by atomic mass is 16.5. The molecule has 0 aliphatic carbocycles. The number of aromatic nitrogens is 1. The fraction of sp³-hybridized carbons (Fsp3) is 0.474. The highest BCUT2D eigenvalue weighted by Crippen LogP contribution is 2.19. The summed E-state index contributed by atoms with van der Waals surface area (Å²) in [4.78, 5) is 6.99. The van der Waals surface area contributed by atoms with E-state index in [0.29, 0.717) is 6.54 Å². The largest absolute Gasteiger partial charge is 0.379 e. The Bertz CT molecular complexity index is 680. The first kappa shape index (κ1) is 18.4. The van der Waals surface area contributed by atoms with Crippen molar-refractivity contribution in [2.45, 2.75) is 13.5 Å². The van der Waals surface area contributed by atoms with E-state index in [0.717, 1.165) is 68.9 Å². The van der Waals surface area contributed by atoms with E-state index in [1.165, 1.54) is 0 Å². The first-order valence-electron chi connectivity index (χ1n) is 9.18. The normalized spacial score (nSPS) is 15.8. The molecule has 7 heteroatoms. The zero-order valence-corrected chi connectivity index (χ0v) is 15.3. The van der Waals surface area contributed by atoms with E-state index in [2.05, 4.69) is 32.6 Å². The van der Waals surface area contributed by atoms with E-state index in [1.807, 2.05) is 36.4 Å². The summed E-state index contributed by atoms with van der Waals surface area (Å²) in [5.41, 5.74) is 1.83. The topological polar surface area (TPSA) is 74.9 Å². The summed E-state index contributed by atoms with van der Waals surface area (Å²) in [5, 5.41) is 10.8. The van der Waals surface area contributed by atoms with Crippen LogP contribution in [0.4, 0.5) is 0 Å². The van der Waals surface area contributed by atoms with E-state index in [4.69, 9.17) is 9.26 Å². The van der Waals surface area contributed by atoms with Gasteiger partial charge in [-0.2, -0.15) is 0 Å². The molecule has 1 aromatic heterocycles. The summed E-state index contributed by atoms with van der Waals surface area (Å²) in [6.45, 7) is 8.82. The Balaban J connectivity index is 1.51. The molecule has 7 nitrogen and oxygen atoms in total. The molecule has 2 N–H and O–H groups in total. The van der Waals surface area contributed by atoms with Crippen molar-refractivity contribution in [1.29, 1.82) is 0 Å². The van der Waals surface area contributed by atoms with Gasteiger partial charge in [0.1, 0.15) is 5.69 Å². The Morgan fingerprint density at radius 2 is 2.00 bits per heavy atom. The summed E-state index contributed by atoms with van der Waals surface area (Å²) in [7, 11) is 0. The van der Waals surface area contributed by atoms with E-state index in [-0.39, 0.29) is 0 Å². The van der Waals surface area contributed by atoms with Crippen LogP contribution in [0.1, 0.15) is 12.6 Å². The predicted octanol–water partition coefficient (Wildman–Crippen LogP) is 1.73. The monoisotopic (exact) mass is 357 g/mol. The summed E-state index contributed by atoms with van der Waals surface area (Å²) < 4.78 is 10.8. The Kier molecular flexibility index (Phi) is 7.04. The van der Waals surface area contributed by atoms with Gasteiger partial charge < -0.3 is 19.9 Å². The molecule has 2 heterocycles. The summed E-state index contributed by atoms with van der Waals surface area (Å²) in [5.74, 6) is 1.56. The Morgan fingerprint density at radius 1 is 1.19 bits per heavy atom. The van der Waals surface area contributed by atoms with Gasteiger partial charge in [-0.25, -0.2) is 4.99 Å². The van der Waals surface area contributed by atoms with Crippen LogP contribution in [0.2, 0.25) is 0 Å². The number of nitrogens with one attached hydrogen (secondary N) is 2. The Hall–Kier alpha value is -2.38. The lowest BCUT2D eigenvalue weighted by Gasteiger charge is -2.26. The number of morpholine rings is 1. The first-order chi connectivity index (χ1) is 12.8. The SMILES string of the molecule is CCNC(=NCc1cc(-c2ccccc2)on1)NCCN1CCOCC1. The highest BCUT2D eigenvalue weighted by Gasteiger charge is 2.10. The predicted molar refractivity (Wildman–Crippen MR) is 102 cm³/mol. The minimum atomic E-state index is 0.475. The molecule has 0 bridgehead atoms. The Morgan fingerprint density at radius 3 is 2.77 bits per heavy atom. The second kappa shape index (κ2) is 9.94. The van der Waals surface area contributed by atoms with E-state index >= 15 is 0 Å². The molecule has 1 saturated heterocycles. The lowest BCUT2D eigenvalue weighted by Crippen LogP contribution is -2.44. The fourth-order valence-corrected chi connectivity index (χ4v) is 2.78. The molecule has 2 aromatic rings. The van der Waals surface area contributed by atoms with Crippen LogP contribution in [0.25, 0.3) is 11.3 Å². The molecule has 0 radical (unpaired) electrons. The lowest BCUT2D eigenvalue weighted by molar-refractivity contribution is 0.0389. The third kappa shape index (κ3) is 5.57. The third-order valence-electron chi connectivity index (χ3n) is 4.18. The number of ether oxygens (including phenoxy) is 1. The van der Waals surface area contributed by atoms with Gasteiger partial charge in [0.25, 0.3) is 0 Å². The van der Waals surface area contributed by atoms with Gasteiger partial charge in [0.05, 0.1) is 19.8 Å². The van der Waals surface area contributed by atoms with Crippen molar-refractivity contribution in [2.24, 2.45) is 4.99 Å². The van der Waals surface area contributed by atoms with Gasteiger partial charge in [0, 0.05) is 44.4 Å². The lowest BCUT2D eigenvalue weighted by atomic mass is 10.2. The van der Waals surface area contributed by atoms with Crippen molar-refractivity contribution in [1.82, 2.24) is 20.7 Å². The molecule has 0 saturated carbocycles. The maximum Gasteiger partial charge on any atom is 0.191 e. The average molecular weight is 357 g/mol. The maximum atomic E-state index is 5.42. The molecule has 1 aromatic carbocycles. The number of aliphatic imine (C=N–C) groups is 1. The zero-order chi connectivity index (χ0) is 18.0. The van der Waals surface area contributed by atoms with Gasteiger partial charge in [-0.15, -0.1) is 0 Å². The molecule has 0 unspecified atom stereocenters. The standard InChI is InChI=1S/C19H27N5O2/c1-2-20-19(21-8-9-24-10-12-25-13-11-24)22-15-17-14-18(26-23-17)16-6-4-3-5-7-16/h3-7,14H,2,8-13,15H2,1H3,(H2,20,21,22). The van der Waals surface area contributed by atoms with Gasteiger partial charge in [0.2, 0.25) is 0 Å². The molecule has 1 fully saturated rings. The molecule has 3 rings (SSSR count). The number of nitrogens with zero attached hydrogens (tertiary/aromatic N) is 3. The minimum Gasteiger partial charge on any atom is -0.379 e. The molecule has 1 aliphatic rings. The van der Waals surface area contributed by atoms with Gasteiger partial charge in [-0.1, -0.05) is 35.5 Å². The van der Waals surface area contributed by atoms with Gasteiger partial charge >= 0.3 is 0 Å². The van der Waals surface area contributed by atoms with Gasteiger partial charge in [-0.3, -0.25) is 4.90 Å². The number of guanidine groups is 1. The fourth-order valence-electron chi connectivity index (χ4n) is 2.78. The van der Waals surface area contributed by atoms with Crippen LogP contribution in [0.3, 0.4) is 0 Å². The quantitative estimate of drug-likeness (QED) is 0.581. The van der Waals surface area contributed by atoms with E-state index in [1.54, 1.807) is 0 Å². The molecule has 1 aliphatic heterocycles. The molecular weight excluding hydrogens is 330 g/mol. The van der Waals surface area contributed by atoms with Crippen LogP contribution in [0.15, 0.2) is 45.9 Å². The zero-order valence-electron chi connectivity index (χ0n) is 15.3. The second-order valence-electron chi connectivity index (χ2n) is 6.12. The van der Waals surface area contributed by atoms with Crippen LogP contribution >= 0.6 is 0 Å². The number of hydrogen-bond acceptors (Lipinski definition) is 5. The number of benzene rings is 1. The number of rotatable bonds is 7. The molecule has 0 amide bonds. The van der Waals surface area contributed by atoms with Crippen LogP contribution in [-0.4, -0.2) is 62.0 Å². The van der Waals surface area contributed by atoms with E-state index in [9.17, 15) is 0 Å². The highest BCUT2D eigenvalue weighted by molar-refractivity contribution is 5.79. The summed E-state index contributed by atoms with van der Waals surface area (Å²) >= 11 is 0. The van der Waals surface area contributed by atoms with Gasteiger partial charge in [-0.05, 0) is 6.92 Å². The van der Waals surface area contributed by atoms with Crippen molar-refractivity contribution in [3.8, 4) is 11.3 Å². The molecule has 0 atom stereocenters. The van der Waals surface area contributed by atoms with Crippen molar-refractivity contribution in [3.63, 3.8) is 0 Å². The Labute approximate surface area is 154 Å². The maximum absolute atomic E-state index is 5.42.